The number of fused-ring (bicyclic) bond motifs is 3. The van der Waals surface area contributed by atoms with Gasteiger partial charge in [0.1, 0.15) is 22.8 Å². The number of aliphatic hydroxyl groups excluding tert-OH is 3. The van der Waals surface area contributed by atoms with Gasteiger partial charge in [0.05, 0.1) is 23.6 Å². The van der Waals surface area contributed by atoms with Gasteiger partial charge in [-0.25, -0.2) is 0 Å². The number of Topliss-reactive ketones (excluding diaryl/α,β-unsaturated/α-hetero) is 3. The summed E-state index contributed by atoms with van der Waals surface area (Å²) in [5, 5.41) is 58.9. The van der Waals surface area contributed by atoms with Crippen molar-refractivity contribution in [2.75, 3.05) is 14.1 Å². The van der Waals surface area contributed by atoms with Crippen molar-refractivity contribution < 1.29 is 44.7 Å². The SMILES string of the molecule is CC(=O)c1ccsc1-c1ccc2c(c1O)C(O)=C1C(=O)C3(O)C(O)=C(C(N)=O)C(=O)C(N(C)C)C3C(O)C1C2C. The Hall–Kier alpha value is -3.84. The molecule has 3 aliphatic rings. The number of likely N-dealkylation sites (N-methyl/N-ethyl adjacent to an activating group) is 1. The van der Waals surface area contributed by atoms with Crippen LogP contribution in [0.1, 0.15) is 41.3 Å². The average molecular weight is 569 g/mol. The van der Waals surface area contributed by atoms with Crippen molar-refractivity contribution in [3.63, 3.8) is 0 Å². The number of phenolic OH excluding ortho intramolecular Hbond substituents is 1. The van der Waals surface area contributed by atoms with E-state index in [1.165, 1.54) is 37.3 Å². The molecule has 1 aromatic heterocycles. The first-order valence-corrected chi connectivity index (χ1v) is 13.3. The van der Waals surface area contributed by atoms with E-state index in [1.54, 1.807) is 30.5 Å². The molecule has 0 bridgehead atoms. The van der Waals surface area contributed by atoms with Crippen LogP contribution in [0, 0.1) is 11.8 Å². The Labute approximate surface area is 232 Å². The molecule has 40 heavy (non-hydrogen) atoms. The predicted octanol–water partition coefficient (Wildman–Crippen LogP) is 1.43. The first-order chi connectivity index (χ1) is 18.7. The molecule has 11 nitrogen and oxygen atoms in total. The number of ketones is 3. The van der Waals surface area contributed by atoms with Crippen molar-refractivity contribution in [1.29, 1.82) is 0 Å². The standard InChI is InChI=1S/C28H28N2O9S/c1-9-11-5-6-13(24-12(10(2)31)7-8-40-24)20(32)15(11)21(33)16-14(9)22(34)18-19(30(3)4)23(35)17(27(29)38)26(37)28(18,39)25(16)36/h5-9,14,18-19,22,32-34,37,39H,1-4H3,(H2,29,38). The van der Waals surface area contributed by atoms with Gasteiger partial charge in [-0.15, -0.1) is 11.3 Å². The molecule has 7 N–H and O–H groups in total. The second kappa shape index (κ2) is 9.10. The summed E-state index contributed by atoms with van der Waals surface area (Å²) in [6, 6.07) is 3.38. The molecule has 1 fully saturated rings. The number of hydrogen-bond acceptors (Lipinski definition) is 11. The minimum absolute atomic E-state index is 0.128. The molecular weight excluding hydrogens is 540 g/mol. The van der Waals surface area contributed by atoms with Crippen LogP contribution in [0.4, 0.5) is 0 Å². The van der Waals surface area contributed by atoms with Crippen LogP contribution < -0.4 is 5.73 Å². The summed E-state index contributed by atoms with van der Waals surface area (Å²) < 4.78 is 0. The van der Waals surface area contributed by atoms with Gasteiger partial charge in [-0.2, -0.15) is 0 Å². The molecule has 5 rings (SSSR count). The number of phenols is 1. The highest BCUT2D eigenvalue weighted by atomic mass is 32.1. The number of aliphatic hydroxyl groups is 4. The lowest BCUT2D eigenvalue weighted by Crippen LogP contribution is -2.70. The zero-order valence-electron chi connectivity index (χ0n) is 22.0. The smallest absolute Gasteiger partial charge is 0.255 e. The number of hydrogen-bond donors (Lipinski definition) is 6. The van der Waals surface area contributed by atoms with Crippen LogP contribution in [0.15, 0.2) is 40.5 Å². The van der Waals surface area contributed by atoms with E-state index in [1.807, 2.05) is 0 Å². The average Bonchev–Trinajstić information content (AvgIpc) is 3.36. The van der Waals surface area contributed by atoms with Gasteiger partial charge < -0.3 is 31.3 Å². The number of aromatic hydroxyl groups is 1. The molecule has 210 valence electrons. The minimum Gasteiger partial charge on any atom is -0.508 e. The first-order valence-electron chi connectivity index (χ1n) is 12.4. The molecule has 2 aromatic rings. The van der Waals surface area contributed by atoms with Crippen molar-refractivity contribution in [3.8, 4) is 16.2 Å². The molecule has 3 aliphatic carbocycles. The lowest BCUT2D eigenvalue weighted by molar-refractivity contribution is -0.169. The van der Waals surface area contributed by atoms with Gasteiger partial charge in [-0.3, -0.25) is 24.1 Å². The molecule has 1 amide bonds. The van der Waals surface area contributed by atoms with Crippen LogP contribution in [0.2, 0.25) is 0 Å². The summed E-state index contributed by atoms with van der Waals surface area (Å²) in [4.78, 5) is 53.3. The van der Waals surface area contributed by atoms with Gasteiger partial charge in [-0.1, -0.05) is 13.0 Å². The lowest BCUT2D eigenvalue weighted by atomic mass is 9.54. The van der Waals surface area contributed by atoms with Crippen LogP contribution >= 0.6 is 11.3 Å². The fraction of sp³-hybridized carbons (Fsp3) is 0.357. The van der Waals surface area contributed by atoms with Crippen molar-refractivity contribution in [3.05, 3.63) is 57.2 Å². The van der Waals surface area contributed by atoms with Gasteiger partial charge in [0.2, 0.25) is 5.78 Å². The van der Waals surface area contributed by atoms with Gasteiger partial charge in [0.15, 0.2) is 17.2 Å². The maximum absolute atomic E-state index is 14.1. The summed E-state index contributed by atoms with van der Waals surface area (Å²) in [6.07, 6.45) is -1.67. The summed E-state index contributed by atoms with van der Waals surface area (Å²) in [7, 11) is 2.89. The fourth-order valence-corrected chi connectivity index (χ4v) is 7.57. The number of nitrogens with zero attached hydrogens (tertiary/aromatic N) is 1. The van der Waals surface area contributed by atoms with Crippen LogP contribution in [0.5, 0.6) is 5.75 Å². The van der Waals surface area contributed by atoms with Gasteiger partial charge in [-0.05, 0) is 50.0 Å². The normalized spacial score (nSPS) is 29.8. The van der Waals surface area contributed by atoms with Crippen molar-refractivity contribution >= 4 is 40.4 Å². The zero-order valence-corrected chi connectivity index (χ0v) is 22.8. The summed E-state index contributed by atoms with van der Waals surface area (Å²) >= 11 is 1.20. The lowest BCUT2D eigenvalue weighted by Gasteiger charge is -2.53. The molecule has 1 aromatic carbocycles. The molecule has 12 heteroatoms. The Balaban J connectivity index is 1.79. The quantitative estimate of drug-likeness (QED) is 0.232. The monoisotopic (exact) mass is 568 g/mol. The number of nitrogens with two attached hydrogens (primary N) is 1. The second-order valence-corrected chi connectivity index (χ2v) is 11.6. The molecule has 0 radical (unpaired) electrons. The molecule has 6 unspecified atom stereocenters. The Morgan fingerprint density at radius 2 is 1.75 bits per heavy atom. The number of thiophene rings is 1. The minimum atomic E-state index is -2.98. The first kappa shape index (κ1) is 27.7. The maximum Gasteiger partial charge on any atom is 0.255 e. The van der Waals surface area contributed by atoms with E-state index < -0.39 is 81.4 Å². The summed E-state index contributed by atoms with van der Waals surface area (Å²) in [5.74, 6) is -9.74. The van der Waals surface area contributed by atoms with Crippen LogP contribution in [-0.2, 0) is 14.4 Å². The van der Waals surface area contributed by atoms with E-state index in [0.717, 1.165) is 0 Å². The highest BCUT2D eigenvalue weighted by Gasteiger charge is 2.68. The number of primary amides is 1. The molecule has 0 spiro atoms. The van der Waals surface area contributed by atoms with E-state index in [0.29, 0.717) is 16.0 Å². The third-order valence-electron chi connectivity index (χ3n) is 8.42. The predicted molar refractivity (Wildman–Crippen MR) is 144 cm³/mol. The number of rotatable bonds is 4. The maximum atomic E-state index is 14.1. The zero-order chi connectivity index (χ0) is 29.6. The summed E-state index contributed by atoms with van der Waals surface area (Å²) in [5.41, 5.74) is 1.74. The largest absolute Gasteiger partial charge is 0.508 e. The van der Waals surface area contributed by atoms with Crippen molar-refractivity contribution in [1.82, 2.24) is 4.90 Å². The number of carbonyl (C=O) groups excluding carboxylic acids is 4. The molecule has 0 aliphatic heterocycles. The third-order valence-corrected chi connectivity index (χ3v) is 9.37. The van der Waals surface area contributed by atoms with E-state index in [4.69, 9.17) is 5.73 Å². The van der Waals surface area contributed by atoms with Crippen LogP contribution in [0.25, 0.3) is 16.2 Å². The Morgan fingerprint density at radius 1 is 1.10 bits per heavy atom. The molecular formula is C28H28N2O9S. The molecule has 0 saturated heterocycles. The van der Waals surface area contributed by atoms with E-state index in [-0.39, 0.29) is 16.9 Å². The third kappa shape index (κ3) is 3.40. The molecule has 1 heterocycles. The Morgan fingerprint density at radius 3 is 2.33 bits per heavy atom. The summed E-state index contributed by atoms with van der Waals surface area (Å²) in [6.45, 7) is 3.03. The topological polar surface area (TPSA) is 199 Å². The van der Waals surface area contributed by atoms with Gasteiger partial charge >= 0.3 is 0 Å². The number of carbonyl (C=O) groups is 4. The Bertz CT molecular complexity index is 1590. The van der Waals surface area contributed by atoms with Gasteiger partial charge in [0, 0.05) is 27.5 Å². The van der Waals surface area contributed by atoms with E-state index in [2.05, 4.69) is 0 Å². The van der Waals surface area contributed by atoms with Crippen molar-refractivity contribution in [2.45, 2.75) is 37.5 Å². The molecule has 6 atom stereocenters. The highest BCUT2D eigenvalue weighted by molar-refractivity contribution is 7.14. The fourth-order valence-electron chi connectivity index (χ4n) is 6.59. The van der Waals surface area contributed by atoms with Gasteiger partial charge in [0.25, 0.3) is 5.91 Å². The van der Waals surface area contributed by atoms with Crippen molar-refractivity contribution in [2.24, 2.45) is 17.6 Å². The Kier molecular flexibility index (Phi) is 6.30. The number of benzene rings is 1. The number of amides is 1. The van der Waals surface area contributed by atoms with E-state index in [9.17, 15) is 44.7 Å². The van der Waals surface area contributed by atoms with E-state index >= 15 is 0 Å². The van der Waals surface area contributed by atoms with Crippen LogP contribution in [-0.4, -0.2) is 85.5 Å². The highest BCUT2D eigenvalue weighted by Crippen LogP contribution is 2.57. The van der Waals surface area contributed by atoms with Crippen LogP contribution in [0.3, 0.4) is 0 Å². The molecule has 1 saturated carbocycles. The second-order valence-electron chi connectivity index (χ2n) is 10.7.